The van der Waals surface area contributed by atoms with Gasteiger partial charge in [-0.3, -0.25) is 10.1 Å². The van der Waals surface area contributed by atoms with Crippen LogP contribution < -0.4 is 0 Å². The van der Waals surface area contributed by atoms with Crippen LogP contribution in [0.2, 0.25) is 0 Å². The second-order valence-corrected chi connectivity index (χ2v) is 6.03. The fourth-order valence-corrected chi connectivity index (χ4v) is 2.65. The van der Waals surface area contributed by atoms with Crippen LogP contribution in [0.1, 0.15) is 28.3 Å². The zero-order valence-corrected chi connectivity index (χ0v) is 13.0. The molecule has 0 saturated heterocycles. The summed E-state index contributed by atoms with van der Waals surface area (Å²) < 4.78 is 5.26. The summed E-state index contributed by atoms with van der Waals surface area (Å²) in [6, 6.07) is 9.97. The first-order chi connectivity index (χ1) is 10.5. The normalized spacial score (nSPS) is 12.3. The maximum absolute atomic E-state index is 11.8. The van der Waals surface area contributed by atoms with Gasteiger partial charge in [0.15, 0.2) is 0 Å². The monoisotopic (exact) mass is 317 g/mol. The number of non-ortho nitro benzene ring substituents is 1. The van der Waals surface area contributed by atoms with Crippen molar-refractivity contribution in [2.75, 3.05) is 0 Å². The van der Waals surface area contributed by atoms with Gasteiger partial charge in [0.05, 0.1) is 4.92 Å². The van der Waals surface area contributed by atoms with Crippen LogP contribution in [-0.4, -0.2) is 10.9 Å². The fourth-order valence-electron chi connectivity index (χ4n) is 1.87. The van der Waals surface area contributed by atoms with Crippen LogP contribution in [0.4, 0.5) is 5.69 Å². The number of nitro benzene ring substituents is 1. The number of esters is 1. The molecule has 1 atom stereocenters. The number of hydrogen-bond donors (Lipinski definition) is 0. The van der Waals surface area contributed by atoms with Gasteiger partial charge in [0.1, 0.15) is 6.10 Å². The minimum absolute atomic E-state index is 0.0231. The Morgan fingerprint density at radius 3 is 2.77 bits per heavy atom. The van der Waals surface area contributed by atoms with Crippen molar-refractivity contribution in [3.05, 3.63) is 67.9 Å². The lowest BCUT2D eigenvalue weighted by atomic mass is 10.1. The van der Waals surface area contributed by atoms with E-state index in [-0.39, 0.29) is 5.69 Å². The Hall–Kier alpha value is -2.47. The Kier molecular flexibility index (Phi) is 5.06. The predicted molar refractivity (Wildman–Crippen MR) is 85.7 cm³/mol. The molecule has 6 heteroatoms. The number of aryl methyl sites for hydroxylation is 1. The highest BCUT2D eigenvalue weighted by molar-refractivity contribution is 7.12. The van der Waals surface area contributed by atoms with Crippen molar-refractivity contribution in [3.63, 3.8) is 0 Å². The Morgan fingerprint density at radius 1 is 1.36 bits per heavy atom. The Labute approximate surface area is 132 Å². The number of hydrogen-bond acceptors (Lipinski definition) is 5. The number of rotatable bonds is 5. The first-order valence-corrected chi connectivity index (χ1v) is 7.47. The molecule has 0 aliphatic rings. The van der Waals surface area contributed by atoms with Crippen molar-refractivity contribution in [1.29, 1.82) is 0 Å². The van der Waals surface area contributed by atoms with Crippen LogP contribution in [0.15, 0.2) is 42.5 Å². The number of thiophene rings is 1. The molecule has 1 aromatic carbocycles. The van der Waals surface area contributed by atoms with Crippen LogP contribution in [0, 0.1) is 17.0 Å². The van der Waals surface area contributed by atoms with Gasteiger partial charge in [0.25, 0.3) is 5.69 Å². The van der Waals surface area contributed by atoms with Crippen LogP contribution >= 0.6 is 11.3 Å². The Morgan fingerprint density at radius 2 is 2.14 bits per heavy atom. The van der Waals surface area contributed by atoms with Gasteiger partial charge in [-0.05, 0) is 37.6 Å². The molecule has 0 N–H and O–H groups in total. The van der Waals surface area contributed by atoms with Crippen molar-refractivity contribution in [1.82, 2.24) is 0 Å². The van der Waals surface area contributed by atoms with E-state index < -0.39 is 17.0 Å². The van der Waals surface area contributed by atoms with E-state index in [0.29, 0.717) is 5.56 Å². The summed E-state index contributed by atoms with van der Waals surface area (Å²) in [6.07, 6.45) is 2.50. The first-order valence-electron chi connectivity index (χ1n) is 6.65. The highest BCUT2D eigenvalue weighted by Gasteiger charge is 2.13. The zero-order valence-electron chi connectivity index (χ0n) is 12.2. The van der Waals surface area contributed by atoms with Crippen molar-refractivity contribution in [2.24, 2.45) is 0 Å². The number of ether oxygens (including phenoxy) is 1. The molecular weight excluding hydrogens is 302 g/mol. The molecule has 5 nitrogen and oxygen atoms in total. The summed E-state index contributed by atoms with van der Waals surface area (Å²) in [4.78, 5) is 24.2. The molecular formula is C16H15NO4S. The first kappa shape index (κ1) is 15.9. The molecule has 0 amide bonds. The minimum Gasteiger partial charge on any atom is -0.455 e. The SMILES string of the molecule is Cc1ccc(/C=C/C(=O)O[C@H](C)c2cccc([N+](=O)[O-])c2)s1. The Bertz CT molecular complexity index is 720. The third-order valence-corrected chi connectivity index (χ3v) is 3.95. The average molecular weight is 317 g/mol. The highest BCUT2D eigenvalue weighted by atomic mass is 32.1. The van der Waals surface area contributed by atoms with Crippen LogP contribution in [0.3, 0.4) is 0 Å². The van der Waals surface area contributed by atoms with Gasteiger partial charge in [0, 0.05) is 28.0 Å². The topological polar surface area (TPSA) is 69.4 Å². The number of nitrogens with zero attached hydrogens (tertiary/aromatic N) is 1. The Balaban J connectivity index is 2.00. The summed E-state index contributed by atoms with van der Waals surface area (Å²) in [7, 11) is 0. The third-order valence-electron chi connectivity index (χ3n) is 2.99. The molecule has 114 valence electrons. The van der Waals surface area contributed by atoms with E-state index in [9.17, 15) is 14.9 Å². The van der Waals surface area contributed by atoms with Gasteiger partial charge in [0.2, 0.25) is 0 Å². The van der Waals surface area contributed by atoms with Crippen molar-refractivity contribution < 1.29 is 14.5 Å². The molecule has 0 unspecified atom stereocenters. The number of carbonyl (C=O) groups is 1. The quantitative estimate of drug-likeness (QED) is 0.357. The fraction of sp³-hybridized carbons (Fsp3) is 0.188. The van der Waals surface area contributed by atoms with Gasteiger partial charge in [-0.1, -0.05) is 12.1 Å². The molecule has 0 radical (unpaired) electrons. The summed E-state index contributed by atoms with van der Waals surface area (Å²) in [5.41, 5.74) is 0.563. The van der Waals surface area contributed by atoms with Gasteiger partial charge in [-0.2, -0.15) is 0 Å². The second kappa shape index (κ2) is 7.00. The third kappa shape index (κ3) is 4.26. The van der Waals surface area contributed by atoms with E-state index in [0.717, 1.165) is 9.75 Å². The summed E-state index contributed by atoms with van der Waals surface area (Å²) in [5, 5.41) is 10.7. The number of nitro groups is 1. The van der Waals surface area contributed by atoms with Crippen molar-refractivity contribution >= 4 is 29.1 Å². The lowest BCUT2D eigenvalue weighted by Gasteiger charge is -2.11. The number of benzene rings is 1. The molecule has 1 heterocycles. The molecule has 22 heavy (non-hydrogen) atoms. The zero-order chi connectivity index (χ0) is 16.1. The predicted octanol–water partition coefficient (Wildman–Crippen LogP) is 4.28. The van der Waals surface area contributed by atoms with Crippen molar-refractivity contribution in [3.8, 4) is 0 Å². The van der Waals surface area contributed by atoms with Gasteiger partial charge < -0.3 is 4.74 Å². The van der Waals surface area contributed by atoms with E-state index in [1.54, 1.807) is 36.5 Å². The smallest absolute Gasteiger partial charge is 0.331 e. The van der Waals surface area contributed by atoms with Crippen LogP contribution in [-0.2, 0) is 9.53 Å². The van der Waals surface area contributed by atoms with Crippen LogP contribution in [0.5, 0.6) is 0 Å². The minimum atomic E-state index is -0.554. The largest absolute Gasteiger partial charge is 0.455 e. The van der Waals surface area contributed by atoms with E-state index in [2.05, 4.69) is 0 Å². The van der Waals surface area contributed by atoms with E-state index in [1.165, 1.54) is 18.2 Å². The summed E-state index contributed by atoms with van der Waals surface area (Å²) in [5.74, 6) is -0.481. The van der Waals surface area contributed by atoms with E-state index in [4.69, 9.17) is 4.74 Å². The molecule has 0 saturated carbocycles. The molecule has 0 spiro atoms. The van der Waals surface area contributed by atoms with Gasteiger partial charge in [-0.25, -0.2) is 4.79 Å². The van der Waals surface area contributed by atoms with E-state index >= 15 is 0 Å². The average Bonchev–Trinajstić information content (AvgIpc) is 2.91. The molecule has 2 rings (SSSR count). The molecule has 0 fully saturated rings. The number of carbonyl (C=O) groups excluding carboxylic acids is 1. The van der Waals surface area contributed by atoms with E-state index in [1.807, 2.05) is 19.1 Å². The molecule has 0 aliphatic carbocycles. The highest BCUT2D eigenvalue weighted by Crippen LogP contribution is 2.22. The maximum Gasteiger partial charge on any atom is 0.331 e. The summed E-state index contributed by atoms with van der Waals surface area (Å²) >= 11 is 1.58. The second-order valence-electron chi connectivity index (χ2n) is 4.71. The lowest BCUT2D eigenvalue weighted by Crippen LogP contribution is -2.06. The van der Waals surface area contributed by atoms with Crippen LogP contribution in [0.25, 0.3) is 6.08 Å². The molecule has 2 aromatic rings. The van der Waals surface area contributed by atoms with Gasteiger partial charge in [-0.15, -0.1) is 11.3 Å². The maximum atomic E-state index is 11.8. The van der Waals surface area contributed by atoms with Gasteiger partial charge >= 0.3 is 5.97 Å². The lowest BCUT2D eigenvalue weighted by molar-refractivity contribution is -0.385. The standard InChI is InChI=1S/C16H15NO4S/c1-11-6-7-15(22-11)8-9-16(18)21-12(2)13-4-3-5-14(10-13)17(19)20/h3-10,12H,1-2H3/b9-8+/t12-/m1/s1. The molecule has 1 aromatic heterocycles. The summed E-state index contributed by atoms with van der Waals surface area (Å²) in [6.45, 7) is 3.67. The molecule has 0 aliphatic heterocycles. The van der Waals surface area contributed by atoms with Crippen molar-refractivity contribution in [2.45, 2.75) is 20.0 Å². The molecule has 0 bridgehead atoms.